The van der Waals surface area contributed by atoms with Crippen LogP contribution in [0.4, 0.5) is 11.5 Å². The zero-order valence-corrected chi connectivity index (χ0v) is 21.4. The van der Waals surface area contributed by atoms with Gasteiger partial charge in [0.25, 0.3) is 0 Å². The lowest BCUT2D eigenvalue weighted by molar-refractivity contribution is 0.317. The Morgan fingerprint density at radius 2 is 1.76 bits per heavy atom. The normalized spacial score (nSPS) is 14.8. The van der Waals surface area contributed by atoms with E-state index in [1.54, 1.807) is 7.11 Å². The molecule has 1 aliphatic rings. The minimum Gasteiger partial charge on any atom is -0.497 e. The van der Waals surface area contributed by atoms with E-state index < -0.39 is 0 Å². The molecule has 4 rings (SSSR count). The Bertz CT molecular complexity index is 1060. The van der Waals surface area contributed by atoms with Gasteiger partial charge in [-0.05, 0) is 63.4 Å². The van der Waals surface area contributed by atoms with Gasteiger partial charge in [0.2, 0.25) is 0 Å². The summed E-state index contributed by atoms with van der Waals surface area (Å²) in [5.41, 5.74) is 3.48. The van der Waals surface area contributed by atoms with Crippen LogP contribution in [0, 0.1) is 0 Å². The Kier molecular flexibility index (Phi) is 8.33. The summed E-state index contributed by atoms with van der Waals surface area (Å²) in [7, 11) is 1.69. The van der Waals surface area contributed by atoms with Crippen LogP contribution >= 0.6 is 24.0 Å². The lowest BCUT2D eigenvalue weighted by atomic mass is 9.99. The fraction of sp³-hybridized carbons (Fsp3) is 0.423. The van der Waals surface area contributed by atoms with Crippen LogP contribution in [0.25, 0.3) is 10.9 Å². The molecule has 2 N–H and O–H groups in total. The smallest absolute Gasteiger partial charge is 0.129 e. The predicted octanol–water partition coefficient (Wildman–Crippen LogP) is 6.29. The van der Waals surface area contributed by atoms with Crippen molar-refractivity contribution in [1.29, 1.82) is 0 Å². The molecule has 0 atom stereocenters. The molecule has 0 bridgehead atoms. The third kappa shape index (κ3) is 6.66. The summed E-state index contributed by atoms with van der Waals surface area (Å²) in [4.78, 5) is 7.37. The molecule has 33 heavy (non-hydrogen) atoms. The second-order valence-electron chi connectivity index (χ2n) is 9.55. The first-order valence-electron chi connectivity index (χ1n) is 11.3. The van der Waals surface area contributed by atoms with Crippen molar-refractivity contribution < 1.29 is 4.74 Å². The van der Waals surface area contributed by atoms with Gasteiger partial charge in [-0.25, -0.2) is 4.98 Å². The molecule has 1 aliphatic heterocycles. The summed E-state index contributed by atoms with van der Waals surface area (Å²) >= 11 is 6.02. The maximum absolute atomic E-state index is 6.02. The molecule has 2 aromatic carbocycles. The molecule has 0 saturated carbocycles. The third-order valence-corrected chi connectivity index (χ3v) is 6.11. The first-order valence-corrected chi connectivity index (χ1v) is 11.7. The summed E-state index contributed by atoms with van der Waals surface area (Å²) in [5, 5.41) is 9.16. The molecule has 5 nitrogen and oxygen atoms in total. The summed E-state index contributed by atoms with van der Waals surface area (Å²) < 4.78 is 5.45. The number of nitrogens with zero attached hydrogens (tertiary/aromatic N) is 2. The lowest BCUT2D eigenvalue weighted by Crippen LogP contribution is -2.49. The van der Waals surface area contributed by atoms with E-state index in [9.17, 15) is 0 Å². The Balaban J connectivity index is 0.00000306. The average molecular weight is 489 g/mol. The largest absolute Gasteiger partial charge is 0.497 e. The van der Waals surface area contributed by atoms with E-state index in [4.69, 9.17) is 21.3 Å². The molecule has 0 unspecified atom stereocenters. The number of anilines is 2. The van der Waals surface area contributed by atoms with Gasteiger partial charge in [0, 0.05) is 59.4 Å². The second kappa shape index (κ2) is 10.8. The topological polar surface area (TPSA) is 49.4 Å². The molecule has 0 spiro atoms. The minimum atomic E-state index is 0. The highest BCUT2D eigenvalue weighted by atomic mass is 35.5. The Hall–Kier alpha value is -2.21. The number of hydrogen-bond acceptors (Lipinski definition) is 5. The Morgan fingerprint density at radius 1 is 1.06 bits per heavy atom. The summed E-state index contributed by atoms with van der Waals surface area (Å²) in [6.07, 6.45) is 2.26. The standard InChI is InChI=1S/C26H33ClN4O.ClH/c1-26(2,3)30-20-11-13-31(14-12-20)24-16-25(28-17-18-5-7-19(27)8-6-18)29-23-15-21(32-4)9-10-22(23)24;/h5-10,15-16,20,30H,11-14,17H2,1-4H3,(H,28,29);1H. The SMILES string of the molecule is COc1ccc2c(N3CCC(NC(C)(C)C)CC3)cc(NCc3ccc(Cl)cc3)nc2c1.Cl. The van der Waals surface area contributed by atoms with Crippen LogP contribution in [0.2, 0.25) is 5.02 Å². The number of halogens is 2. The molecule has 178 valence electrons. The van der Waals surface area contributed by atoms with Crippen LogP contribution < -0.4 is 20.3 Å². The quantitative estimate of drug-likeness (QED) is 0.426. The number of aromatic nitrogens is 1. The number of pyridine rings is 1. The van der Waals surface area contributed by atoms with E-state index in [0.717, 1.165) is 59.0 Å². The number of ether oxygens (including phenoxy) is 1. The van der Waals surface area contributed by atoms with Crippen LogP contribution in [-0.2, 0) is 6.54 Å². The molecule has 2 heterocycles. The average Bonchev–Trinajstić information content (AvgIpc) is 2.77. The van der Waals surface area contributed by atoms with Crippen LogP contribution in [0.15, 0.2) is 48.5 Å². The third-order valence-electron chi connectivity index (χ3n) is 5.85. The van der Waals surface area contributed by atoms with E-state index in [1.165, 1.54) is 5.69 Å². The molecule has 0 radical (unpaired) electrons. The van der Waals surface area contributed by atoms with Crippen molar-refractivity contribution in [2.45, 2.75) is 51.7 Å². The molecule has 1 aromatic heterocycles. The zero-order valence-electron chi connectivity index (χ0n) is 19.8. The van der Waals surface area contributed by atoms with Gasteiger partial charge in [0.05, 0.1) is 12.6 Å². The van der Waals surface area contributed by atoms with Crippen LogP contribution in [0.5, 0.6) is 5.75 Å². The van der Waals surface area contributed by atoms with E-state index in [-0.39, 0.29) is 17.9 Å². The molecular formula is C26H34Cl2N4O. The number of rotatable bonds is 6. The van der Waals surface area contributed by atoms with Gasteiger partial charge in [-0.2, -0.15) is 0 Å². The van der Waals surface area contributed by atoms with Crippen molar-refractivity contribution >= 4 is 46.4 Å². The molecule has 3 aromatic rings. The lowest BCUT2D eigenvalue weighted by Gasteiger charge is -2.37. The number of methoxy groups -OCH3 is 1. The number of benzene rings is 2. The highest BCUT2D eigenvalue weighted by Gasteiger charge is 2.24. The molecule has 1 saturated heterocycles. The fourth-order valence-corrected chi connectivity index (χ4v) is 4.47. The fourth-order valence-electron chi connectivity index (χ4n) is 4.34. The highest BCUT2D eigenvalue weighted by Crippen LogP contribution is 2.33. The highest BCUT2D eigenvalue weighted by molar-refractivity contribution is 6.30. The predicted molar refractivity (Wildman–Crippen MR) is 142 cm³/mol. The summed E-state index contributed by atoms with van der Waals surface area (Å²) in [5.74, 6) is 1.68. The van der Waals surface area contributed by atoms with Gasteiger partial charge in [-0.15, -0.1) is 12.4 Å². The van der Waals surface area contributed by atoms with Crippen LogP contribution in [0.3, 0.4) is 0 Å². The van der Waals surface area contributed by atoms with Gasteiger partial charge < -0.3 is 20.3 Å². The number of hydrogen-bond donors (Lipinski definition) is 2. The van der Waals surface area contributed by atoms with E-state index in [1.807, 2.05) is 36.4 Å². The molecule has 0 aliphatic carbocycles. The molecular weight excluding hydrogens is 455 g/mol. The van der Waals surface area contributed by atoms with Gasteiger partial charge in [0.15, 0.2) is 0 Å². The number of fused-ring (bicyclic) bond motifs is 1. The molecule has 7 heteroatoms. The minimum absolute atomic E-state index is 0. The second-order valence-corrected chi connectivity index (χ2v) is 9.98. The maximum Gasteiger partial charge on any atom is 0.129 e. The number of piperidine rings is 1. The molecule has 0 amide bonds. The Morgan fingerprint density at radius 3 is 2.39 bits per heavy atom. The van der Waals surface area contributed by atoms with Gasteiger partial charge >= 0.3 is 0 Å². The maximum atomic E-state index is 6.02. The first kappa shape index (κ1) is 25.4. The number of nitrogens with one attached hydrogen (secondary N) is 2. The van der Waals surface area contributed by atoms with Crippen LogP contribution in [-0.4, -0.2) is 36.8 Å². The van der Waals surface area contributed by atoms with E-state index in [0.29, 0.717) is 12.6 Å². The zero-order chi connectivity index (χ0) is 22.7. The molecule has 1 fully saturated rings. The van der Waals surface area contributed by atoms with Gasteiger partial charge in [0.1, 0.15) is 11.6 Å². The van der Waals surface area contributed by atoms with Gasteiger partial charge in [-0.1, -0.05) is 23.7 Å². The Labute approximate surface area is 208 Å². The van der Waals surface area contributed by atoms with E-state index in [2.05, 4.69) is 48.4 Å². The summed E-state index contributed by atoms with van der Waals surface area (Å²) in [6, 6.07) is 16.8. The van der Waals surface area contributed by atoms with Crippen molar-refractivity contribution in [3.05, 3.63) is 59.1 Å². The first-order chi connectivity index (χ1) is 15.3. The van der Waals surface area contributed by atoms with Crippen molar-refractivity contribution in [2.24, 2.45) is 0 Å². The van der Waals surface area contributed by atoms with Crippen molar-refractivity contribution in [3.63, 3.8) is 0 Å². The van der Waals surface area contributed by atoms with E-state index >= 15 is 0 Å². The van der Waals surface area contributed by atoms with Gasteiger partial charge in [-0.3, -0.25) is 0 Å². The van der Waals surface area contributed by atoms with Crippen molar-refractivity contribution in [2.75, 3.05) is 30.4 Å². The summed E-state index contributed by atoms with van der Waals surface area (Å²) in [6.45, 7) is 9.45. The van der Waals surface area contributed by atoms with Crippen molar-refractivity contribution in [3.8, 4) is 5.75 Å². The van der Waals surface area contributed by atoms with Crippen LogP contribution in [0.1, 0.15) is 39.2 Å². The van der Waals surface area contributed by atoms with Crippen molar-refractivity contribution in [1.82, 2.24) is 10.3 Å². The monoisotopic (exact) mass is 488 g/mol.